The Morgan fingerprint density at radius 3 is 2.95 bits per heavy atom. The van der Waals surface area contributed by atoms with Crippen LogP contribution in [0.2, 0.25) is 5.02 Å². The first-order valence-electron chi connectivity index (χ1n) is 5.63. The number of benzene rings is 2. The van der Waals surface area contributed by atoms with E-state index < -0.39 is 0 Å². The topological polar surface area (TPSA) is 54.9 Å². The first kappa shape index (κ1) is 13.5. The van der Waals surface area contributed by atoms with Gasteiger partial charge in [-0.3, -0.25) is 4.79 Å². The Labute approximate surface area is 132 Å². The molecule has 2 aromatic carbocycles. The summed E-state index contributed by atoms with van der Waals surface area (Å²) in [4.78, 5) is 12.3. The number of fused-ring (bicyclic) bond motifs is 1. The summed E-state index contributed by atoms with van der Waals surface area (Å²) in [5.74, 6) is -0.281. The SMILES string of the molecule is O=C(Nc1cccc2nsnc12)c1cc(Br)ccc1Cl. The van der Waals surface area contributed by atoms with Crippen molar-refractivity contribution in [1.82, 2.24) is 8.75 Å². The monoisotopic (exact) mass is 367 g/mol. The zero-order valence-corrected chi connectivity index (χ0v) is 13.1. The normalized spacial score (nSPS) is 10.7. The first-order chi connectivity index (χ1) is 9.65. The van der Waals surface area contributed by atoms with E-state index in [9.17, 15) is 4.79 Å². The molecule has 1 aromatic heterocycles. The van der Waals surface area contributed by atoms with E-state index in [1.54, 1.807) is 24.3 Å². The number of hydrogen-bond donors (Lipinski definition) is 1. The second-order valence-corrected chi connectivity index (χ2v) is 5.87. The molecule has 0 aliphatic rings. The predicted molar refractivity (Wildman–Crippen MR) is 84.5 cm³/mol. The number of nitrogens with zero attached hydrogens (tertiary/aromatic N) is 2. The highest BCUT2D eigenvalue weighted by molar-refractivity contribution is 9.10. The third-order valence-corrected chi connectivity index (χ3v) is 4.07. The molecule has 0 radical (unpaired) electrons. The summed E-state index contributed by atoms with van der Waals surface area (Å²) in [6, 6.07) is 10.6. The predicted octanol–water partition coefficient (Wildman–Crippen LogP) is 4.36. The zero-order chi connectivity index (χ0) is 14.1. The van der Waals surface area contributed by atoms with Crippen LogP contribution in [0.4, 0.5) is 5.69 Å². The van der Waals surface area contributed by atoms with E-state index in [-0.39, 0.29) is 5.91 Å². The van der Waals surface area contributed by atoms with Gasteiger partial charge in [-0.1, -0.05) is 33.6 Å². The number of anilines is 1. The van der Waals surface area contributed by atoms with Crippen molar-refractivity contribution in [2.75, 3.05) is 5.32 Å². The van der Waals surface area contributed by atoms with Crippen LogP contribution in [-0.2, 0) is 0 Å². The van der Waals surface area contributed by atoms with Crippen LogP contribution in [0.3, 0.4) is 0 Å². The molecule has 0 atom stereocenters. The summed E-state index contributed by atoms with van der Waals surface area (Å²) in [5.41, 5.74) is 2.46. The summed E-state index contributed by atoms with van der Waals surface area (Å²) in [7, 11) is 0. The average Bonchev–Trinajstić information content (AvgIpc) is 2.91. The maximum absolute atomic E-state index is 12.3. The number of aromatic nitrogens is 2. The lowest BCUT2D eigenvalue weighted by Crippen LogP contribution is -2.12. The van der Waals surface area contributed by atoms with Crippen molar-refractivity contribution < 1.29 is 4.79 Å². The van der Waals surface area contributed by atoms with Crippen molar-refractivity contribution in [3.8, 4) is 0 Å². The Morgan fingerprint density at radius 2 is 2.10 bits per heavy atom. The third kappa shape index (κ3) is 2.54. The molecule has 1 heterocycles. The smallest absolute Gasteiger partial charge is 0.257 e. The lowest BCUT2D eigenvalue weighted by molar-refractivity contribution is 0.102. The lowest BCUT2D eigenvalue weighted by atomic mass is 10.2. The molecule has 1 amide bonds. The van der Waals surface area contributed by atoms with E-state index in [0.717, 1.165) is 21.7 Å². The van der Waals surface area contributed by atoms with Crippen molar-refractivity contribution in [2.45, 2.75) is 0 Å². The largest absolute Gasteiger partial charge is 0.320 e. The molecule has 0 aliphatic carbocycles. The van der Waals surface area contributed by atoms with Crippen LogP contribution in [0.5, 0.6) is 0 Å². The summed E-state index contributed by atoms with van der Waals surface area (Å²) >= 11 is 10.5. The highest BCUT2D eigenvalue weighted by Gasteiger charge is 2.13. The molecule has 0 saturated carbocycles. The molecule has 1 N–H and O–H groups in total. The Hall–Kier alpha value is -1.50. The van der Waals surface area contributed by atoms with E-state index >= 15 is 0 Å². The number of carbonyl (C=O) groups excluding carboxylic acids is 1. The fraction of sp³-hybridized carbons (Fsp3) is 0. The fourth-order valence-electron chi connectivity index (χ4n) is 1.77. The van der Waals surface area contributed by atoms with Gasteiger partial charge in [0.2, 0.25) is 0 Å². The Morgan fingerprint density at radius 1 is 1.25 bits per heavy atom. The number of hydrogen-bond acceptors (Lipinski definition) is 4. The highest BCUT2D eigenvalue weighted by Crippen LogP contribution is 2.25. The van der Waals surface area contributed by atoms with Crippen LogP contribution in [0, 0.1) is 0 Å². The minimum absolute atomic E-state index is 0.281. The second-order valence-electron chi connectivity index (χ2n) is 4.02. The zero-order valence-electron chi connectivity index (χ0n) is 9.93. The molecule has 100 valence electrons. The quantitative estimate of drug-likeness (QED) is 0.731. The van der Waals surface area contributed by atoms with Crippen molar-refractivity contribution in [1.29, 1.82) is 0 Å². The summed E-state index contributed by atoms with van der Waals surface area (Å²) in [6.07, 6.45) is 0. The van der Waals surface area contributed by atoms with Crippen molar-refractivity contribution in [3.63, 3.8) is 0 Å². The van der Waals surface area contributed by atoms with Gasteiger partial charge in [0.15, 0.2) is 0 Å². The van der Waals surface area contributed by atoms with Crippen LogP contribution >= 0.6 is 39.3 Å². The number of amides is 1. The first-order valence-corrected chi connectivity index (χ1v) is 7.53. The number of nitrogens with one attached hydrogen (secondary N) is 1. The van der Waals surface area contributed by atoms with Crippen LogP contribution in [0.1, 0.15) is 10.4 Å². The van der Waals surface area contributed by atoms with E-state index in [2.05, 4.69) is 30.0 Å². The Bertz CT molecular complexity index is 805. The van der Waals surface area contributed by atoms with E-state index in [1.165, 1.54) is 0 Å². The van der Waals surface area contributed by atoms with Crippen molar-refractivity contribution in [3.05, 3.63) is 51.5 Å². The highest BCUT2D eigenvalue weighted by atomic mass is 79.9. The molecular weight excluding hydrogens is 362 g/mol. The van der Waals surface area contributed by atoms with Crippen LogP contribution in [0.25, 0.3) is 11.0 Å². The van der Waals surface area contributed by atoms with E-state index in [4.69, 9.17) is 11.6 Å². The second kappa shape index (κ2) is 5.47. The van der Waals surface area contributed by atoms with Crippen LogP contribution in [0.15, 0.2) is 40.9 Å². The maximum atomic E-state index is 12.3. The minimum atomic E-state index is -0.281. The summed E-state index contributed by atoms with van der Waals surface area (Å²) in [6.45, 7) is 0. The standard InChI is InChI=1S/C13H7BrClN3OS/c14-7-4-5-9(15)8(6-7)13(19)16-10-2-1-3-11-12(10)18-20-17-11/h1-6H,(H,16,19). The molecule has 20 heavy (non-hydrogen) atoms. The molecule has 0 unspecified atom stereocenters. The van der Waals surface area contributed by atoms with Gasteiger partial charge in [-0.25, -0.2) is 0 Å². The molecule has 0 bridgehead atoms. The molecule has 3 aromatic rings. The summed E-state index contributed by atoms with van der Waals surface area (Å²) in [5, 5.41) is 3.21. The van der Waals surface area contributed by atoms with Gasteiger partial charge in [-0.2, -0.15) is 8.75 Å². The summed E-state index contributed by atoms with van der Waals surface area (Å²) < 4.78 is 9.11. The van der Waals surface area contributed by atoms with Crippen LogP contribution < -0.4 is 5.32 Å². The number of carbonyl (C=O) groups is 1. The fourth-order valence-corrected chi connectivity index (χ4v) is 2.88. The molecule has 7 heteroatoms. The molecule has 3 rings (SSSR count). The van der Waals surface area contributed by atoms with Gasteiger partial charge >= 0.3 is 0 Å². The van der Waals surface area contributed by atoms with E-state index in [1.807, 2.05) is 12.1 Å². The third-order valence-electron chi connectivity index (χ3n) is 2.71. The van der Waals surface area contributed by atoms with Gasteiger partial charge in [-0.15, -0.1) is 0 Å². The number of halogens is 2. The lowest BCUT2D eigenvalue weighted by Gasteiger charge is -2.07. The molecule has 0 spiro atoms. The van der Waals surface area contributed by atoms with Gasteiger partial charge in [0.05, 0.1) is 28.0 Å². The molecule has 4 nitrogen and oxygen atoms in total. The van der Waals surface area contributed by atoms with Crippen LogP contribution in [-0.4, -0.2) is 14.7 Å². The maximum Gasteiger partial charge on any atom is 0.257 e. The molecule has 0 fully saturated rings. The minimum Gasteiger partial charge on any atom is -0.320 e. The van der Waals surface area contributed by atoms with E-state index in [0.29, 0.717) is 21.8 Å². The molecular formula is C13H7BrClN3OS. The van der Waals surface area contributed by atoms with Gasteiger partial charge in [0.25, 0.3) is 5.91 Å². The van der Waals surface area contributed by atoms with Gasteiger partial charge in [0, 0.05) is 4.47 Å². The Balaban J connectivity index is 1.96. The number of rotatable bonds is 2. The van der Waals surface area contributed by atoms with Crippen molar-refractivity contribution in [2.24, 2.45) is 0 Å². The Kier molecular flexibility index (Phi) is 3.69. The molecule has 0 aliphatic heterocycles. The van der Waals surface area contributed by atoms with Gasteiger partial charge < -0.3 is 5.32 Å². The van der Waals surface area contributed by atoms with Crippen molar-refractivity contribution >= 4 is 61.9 Å². The molecule has 0 saturated heterocycles. The van der Waals surface area contributed by atoms with Gasteiger partial charge in [0.1, 0.15) is 11.0 Å². The average molecular weight is 369 g/mol. The van der Waals surface area contributed by atoms with Gasteiger partial charge in [-0.05, 0) is 30.3 Å².